The van der Waals surface area contributed by atoms with Crippen molar-refractivity contribution in [3.05, 3.63) is 38.3 Å². The minimum absolute atomic E-state index is 0.0664. The standard InChI is InChI=1S/C14H17BrN2O4/c1-21-14(18)11-3-2-6-16(9-11)8-10-4-5-12(17(19)20)7-13(10)15/h4-5,7,11H,2-3,6,8-9H2,1H3. The average Bonchev–Trinajstić information content (AvgIpc) is 2.48. The number of hydrogen-bond acceptors (Lipinski definition) is 5. The smallest absolute Gasteiger partial charge is 0.309 e. The van der Waals surface area contributed by atoms with Crippen LogP contribution < -0.4 is 0 Å². The highest BCUT2D eigenvalue weighted by atomic mass is 79.9. The van der Waals surface area contributed by atoms with Crippen LogP contribution in [-0.4, -0.2) is 36.0 Å². The molecule has 7 heteroatoms. The Kier molecular flexibility index (Phi) is 5.30. The van der Waals surface area contributed by atoms with Crippen LogP contribution in [0, 0.1) is 16.0 Å². The van der Waals surface area contributed by atoms with Crippen molar-refractivity contribution in [2.45, 2.75) is 19.4 Å². The molecule has 1 heterocycles. The van der Waals surface area contributed by atoms with Crippen molar-refractivity contribution in [2.75, 3.05) is 20.2 Å². The summed E-state index contributed by atoms with van der Waals surface area (Å²) in [5, 5.41) is 10.7. The summed E-state index contributed by atoms with van der Waals surface area (Å²) < 4.78 is 5.52. The molecular formula is C14H17BrN2O4. The number of hydrogen-bond donors (Lipinski definition) is 0. The van der Waals surface area contributed by atoms with E-state index in [-0.39, 0.29) is 17.6 Å². The van der Waals surface area contributed by atoms with E-state index in [0.717, 1.165) is 29.4 Å². The van der Waals surface area contributed by atoms with Gasteiger partial charge in [-0.15, -0.1) is 0 Å². The molecule has 1 aliphatic heterocycles. The Morgan fingerprint density at radius 3 is 2.95 bits per heavy atom. The third-order valence-electron chi connectivity index (χ3n) is 3.68. The second-order valence-electron chi connectivity index (χ2n) is 5.13. The first-order valence-electron chi connectivity index (χ1n) is 6.74. The van der Waals surface area contributed by atoms with Gasteiger partial charge in [0.15, 0.2) is 0 Å². The van der Waals surface area contributed by atoms with Gasteiger partial charge in [0.05, 0.1) is 18.0 Å². The van der Waals surface area contributed by atoms with Gasteiger partial charge in [-0.1, -0.05) is 15.9 Å². The number of benzene rings is 1. The Morgan fingerprint density at radius 2 is 2.33 bits per heavy atom. The molecule has 1 unspecified atom stereocenters. The maximum absolute atomic E-state index is 11.6. The van der Waals surface area contributed by atoms with Crippen molar-refractivity contribution in [1.82, 2.24) is 4.90 Å². The first-order chi connectivity index (χ1) is 10.0. The maximum atomic E-state index is 11.6. The lowest BCUT2D eigenvalue weighted by molar-refractivity contribution is -0.384. The molecule has 1 fully saturated rings. The second-order valence-corrected chi connectivity index (χ2v) is 5.98. The molecule has 114 valence electrons. The third-order valence-corrected chi connectivity index (χ3v) is 4.42. The zero-order valence-electron chi connectivity index (χ0n) is 11.8. The molecule has 1 aromatic rings. The summed E-state index contributed by atoms with van der Waals surface area (Å²) in [4.78, 5) is 24.1. The van der Waals surface area contributed by atoms with E-state index in [0.29, 0.717) is 13.1 Å². The predicted octanol–water partition coefficient (Wildman–Crippen LogP) is 2.74. The second kappa shape index (κ2) is 7.00. The number of carbonyl (C=O) groups excluding carboxylic acids is 1. The molecule has 0 bridgehead atoms. The number of halogens is 1. The van der Waals surface area contributed by atoms with Gasteiger partial charge in [0, 0.05) is 29.7 Å². The molecule has 1 saturated heterocycles. The first kappa shape index (κ1) is 15.9. The highest BCUT2D eigenvalue weighted by Gasteiger charge is 2.26. The van der Waals surface area contributed by atoms with Crippen molar-refractivity contribution in [1.29, 1.82) is 0 Å². The molecule has 1 aliphatic rings. The van der Waals surface area contributed by atoms with E-state index in [4.69, 9.17) is 4.74 Å². The number of rotatable bonds is 4. The van der Waals surface area contributed by atoms with Crippen LogP contribution in [0.1, 0.15) is 18.4 Å². The minimum Gasteiger partial charge on any atom is -0.469 e. The molecule has 0 spiro atoms. The molecule has 0 aliphatic carbocycles. The summed E-state index contributed by atoms with van der Waals surface area (Å²) in [6.45, 7) is 2.24. The number of methoxy groups -OCH3 is 1. The van der Waals surface area contributed by atoms with Gasteiger partial charge >= 0.3 is 5.97 Å². The fraction of sp³-hybridized carbons (Fsp3) is 0.500. The number of carbonyl (C=O) groups is 1. The molecule has 0 saturated carbocycles. The quantitative estimate of drug-likeness (QED) is 0.471. The Bertz CT molecular complexity index is 550. The van der Waals surface area contributed by atoms with Crippen LogP contribution in [0.3, 0.4) is 0 Å². The van der Waals surface area contributed by atoms with Gasteiger partial charge in [-0.3, -0.25) is 19.8 Å². The van der Waals surface area contributed by atoms with Crippen LogP contribution in [0.25, 0.3) is 0 Å². The van der Waals surface area contributed by atoms with Crippen molar-refractivity contribution in [2.24, 2.45) is 5.92 Å². The summed E-state index contributed by atoms with van der Waals surface area (Å²) in [7, 11) is 1.41. The van der Waals surface area contributed by atoms with Gasteiger partial charge in [-0.05, 0) is 31.0 Å². The van der Waals surface area contributed by atoms with Gasteiger partial charge in [-0.25, -0.2) is 0 Å². The number of ether oxygens (including phenoxy) is 1. The summed E-state index contributed by atoms with van der Waals surface area (Å²) in [6.07, 6.45) is 1.80. The largest absolute Gasteiger partial charge is 0.469 e. The number of non-ortho nitro benzene ring substituents is 1. The molecule has 1 atom stereocenters. The fourth-order valence-electron chi connectivity index (χ4n) is 2.58. The Labute approximate surface area is 131 Å². The molecule has 0 N–H and O–H groups in total. The Morgan fingerprint density at radius 1 is 1.57 bits per heavy atom. The monoisotopic (exact) mass is 356 g/mol. The lowest BCUT2D eigenvalue weighted by atomic mass is 9.98. The molecule has 21 heavy (non-hydrogen) atoms. The van der Waals surface area contributed by atoms with E-state index >= 15 is 0 Å². The lowest BCUT2D eigenvalue weighted by Crippen LogP contribution is -2.38. The normalized spacial score (nSPS) is 19.2. The van der Waals surface area contributed by atoms with Crippen molar-refractivity contribution >= 4 is 27.6 Å². The summed E-state index contributed by atoms with van der Waals surface area (Å²) >= 11 is 3.38. The lowest BCUT2D eigenvalue weighted by Gasteiger charge is -2.31. The summed E-state index contributed by atoms with van der Waals surface area (Å²) in [5.41, 5.74) is 1.04. The molecular weight excluding hydrogens is 340 g/mol. The zero-order chi connectivity index (χ0) is 15.4. The van der Waals surface area contributed by atoms with Crippen molar-refractivity contribution in [3.8, 4) is 0 Å². The van der Waals surface area contributed by atoms with E-state index in [1.54, 1.807) is 6.07 Å². The zero-order valence-corrected chi connectivity index (χ0v) is 13.3. The van der Waals surface area contributed by atoms with Gasteiger partial charge in [0.2, 0.25) is 0 Å². The van der Waals surface area contributed by atoms with Gasteiger partial charge in [-0.2, -0.15) is 0 Å². The summed E-state index contributed by atoms with van der Waals surface area (Å²) in [5.74, 6) is -0.247. The van der Waals surface area contributed by atoms with Crippen LogP contribution in [0.15, 0.2) is 22.7 Å². The molecule has 1 aromatic carbocycles. The highest BCUT2D eigenvalue weighted by Crippen LogP contribution is 2.26. The molecule has 0 aromatic heterocycles. The predicted molar refractivity (Wildman–Crippen MR) is 80.8 cm³/mol. The maximum Gasteiger partial charge on any atom is 0.309 e. The average molecular weight is 357 g/mol. The summed E-state index contributed by atoms with van der Waals surface area (Å²) in [6, 6.07) is 4.77. The van der Waals surface area contributed by atoms with Crippen molar-refractivity contribution < 1.29 is 14.5 Å². The topological polar surface area (TPSA) is 72.7 Å². The number of likely N-dealkylation sites (tertiary alicyclic amines) is 1. The minimum atomic E-state index is -0.414. The van der Waals surface area contributed by atoms with E-state index in [1.165, 1.54) is 19.2 Å². The number of nitro groups is 1. The fourth-order valence-corrected chi connectivity index (χ4v) is 3.07. The number of nitrogens with zero attached hydrogens (tertiary/aromatic N) is 2. The number of esters is 1. The van der Waals surface area contributed by atoms with Crippen LogP contribution in [-0.2, 0) is 16.1 Å². The van der Waals surface area contributed by atoms with E-state index in [9.17, 15) is 14.9 Å². The molecule has 2 rings (SSSR count). The Hall–Kier alpha value is -1.47. The number of piperidine rings is 1. The molecule has 0 radical (unpaired) electrons. The highest BCUT2D eigenvalue weighted by molar-refractivity contribution is 9.10. The third kappa shape index (κ3) is 4.01. The van der Waals surface area contributed by atoms with Crippen LogP contribution in [0.4, 0.5) is 5.69 Å². The molecule has 6 nitrogen and oxygen atoms in total. The van der Waals surface area contributed by atoms with Gasteiger partial charge in [0.25, 0.3) is 5.69 Å². The first-order valence-corrected chi connectivity index (χ1v) is 7.53. The van der Waals surface area contributed by atoms with Gasteiger partial charge < -0.3 is 4.74 Å². The molecule has 0 amide bonds. The van der Waals surface area contributed by atoms with Crippen LogP contribution in [0.2, 0.25) is 0 Å². The SMILES string of the molecule is COC(=O)C1CCCN(Cc2ccc([N+](=O)[O-])cc2Br)C1. The van der Waals surface area contributed by atoms with E-state index < -0.39 is 4.92 Å². The van der Waals surface area contributed by atoms with Crippen LogP contribution >= 0.6 is 15.9 Å². The Balaban J connectivity index is 2.04. The van der Waals surface area contributed by atoms with Gasteiger partial charge in [0.1, 0.15) is 0 Å². The van der Waals surface area contributed by atoms with E-state index in [1.807, 2.05) is 0 Å². The van der Waals surface area contributed by atoms with E-state index in [2.05, 4.69) is 20.8 Å². The van der Waals surface area contributed by atoms with Crippen molar-refractivity contribution in [3.63, 3.8) is 0 Å². The number of nitro benzene ring substituents is 1. The van der Waals surface area contributed by atoms with Crippen LogP contribution in [0.5, 0.6) is 0 Å².